The number of alkyl halides is 3. The molecule has 2 heterocycles. The van der Waals surface area contributed by atoms with Crippen LogP contribution in [0.15, 0.2) is 54.6 Å². The normalized spacial score (nSPS) is 18.6. The highest BCUT2D eigenvalue weighted by Crippen LogP contribution is 2.37. The minimum absolute atomic E-state index is 0.136. The molecule has 182 valence electrons. The number of halogens is 3. The van der Waals surface area contributed by atoms with Crippen molar-refractivity contribution in [2.24, 2.45) is 0 Å². The number of sulfonamides is 1. The number of aromatic nitrogens is 2. The van der Waals surface area contributed by atoms with E-state index in [4.69, 9.17) is 39.5 Å². The number of aliphatic hydroxyl groups excluding tert-OH is 1. The highest BCUT2D eigenvalue weighted by Gasteiger charge is 2.45. The van der Waals surface area contributed by atoms with Crippen molar-refractivity contribution in [1.29, 1.82) is 0 Å². The van der Waals surface area contributed by atoms with E-state index in [2.05, 4.69) is 9.36 Å². The lowest BCUT2D eigenvalue weighted by Crippen LogP contribution is -2.55. The average molecular weight is 564 g/mol. The van der Waals surface area contributed by atoms with Crippen LogP contribution in [0.1, 0.15) is 24.4 Å². The lowest BCUT2D eigenvalue weighted by Gasteiger charge is -2.39. The zero-order valence-corrected chi connectivity index (χ0v) is 21.8. The number of hydrogen-bond donors (Lipinski definition) is 1. The second kappa shape index (κ2) is 10.1. The minimum atomic E-state index is -4.09. The second-order valence-electron chi connectivity index (χ2n) is 7.67. The molecule has 1 saturated heterocycles. The lowest BCUT2D eigenvalue weighted by atomic mass is 10.1. The Morgan fingerprint density at radius 3 is 2.35 bits per heavy atom. The molecule has 1 aromatic heterocycles. The van der Waals surface area contributed by atoms with Gasteiger partial charge in [-0.1, -0.05) is 65.1 Å². The van der Waals surface area contributed by atoms with Gasteiger partial charge in [-0.25, -0.2) is 13.4 Å². The van der Waals surface area contributed by atoms with Crippen molar-refractivity contribution < 1.29 is 18.3 Å². The van der Waals surface area contributed by atoms with Crippen LogP contribution >= 0.6 is 46.3 Å². The number of hydrogen-bond acceptors (Lipinski definition) is 8. The van der Waals surface area contributed by atoms with E-state index in [1.54, 1.807) is 24.3 Å². The lowest BCUT2D eigenvalue weighted by molar-refractivity contribution is 0.211. The van der Waals surface area contributed by atoms with E-state index < -0.39 is 19.3 Å². The summed E-state index contributed by atoms with van der Waals surface area (Å²) in [5.74, 6) is 1.63. The second-order valence-corrected chi connectivity index (χ2v) is 13.4. The van der Waals surface area contributed by atoms with Crippen molar-refractivity contribution in [3.05, 3.63) is 66.0 Å². The summed E-state index contributed by atoms with van der Waals surface area (Å²) < 4.78 is 33.7. The fraction of sp³-hybridized carbons (Fsp3) is 0.333. The third-order valence-electron chi connectivity index (χ3n) is 5.32. The van der Waals surface area contributed by atoms with Crippen molar-refractivity contribution in [2.75, 3.05) is 24.5 Å². The highest BCUT2D eigenvalue weighted by molar-refractivity contribution is 7.95. The summed E-state index contributed by atoms with van der Waals surface area (Å²) in [6, 6.07) is 16.2. The number of para-hydroxylation sites is 1. The van der Waals surface area contributed by atoms with E-state index in [9.17, 15) is 13.5 Å². The molecule has 1 fully saturated rings. The van der Waals surface area contributed by atoms with E-state index in [1.165, 1.54) is 0 Å². The molecule has 2 aromatic carbocycles. The molecule has 2 atom stereocenters. The largest absolute Gasteiger partial charge is 0.457 e. The first-order chi connectivity index (χ1) is 16.1. The molecule has 1 aliphatic rings. The van der Waals surface area contributed by atoms with Crippen LogP contribution in [0, 0.1) is 0 Å². The molecule has 0 bridgehead atoms. The van der Waals surface area contributed by atoms with Gasteiger partial charge in [-0.2, -0.15) is 8.68 Å². The Morgan fingerprint density at radius 1 is 1.09 bits per heavy atom. The highest BCUT2D eigenvalue weighted by atomic mass is 35.6. The monoisotopic (exact) mass is 562 g/mol. The molecule has 0 amide bonds. The quantitative estimate of drug-likeness (QED) is 0.439. The van der Waals surface area contributed by atoms with Gasteiger partial charge in [0.1, 0.15) is 17.6 Å². The zero-order chi connectivity index (χ0) is 24.5. The van der Waals surface area contributed by atoms with Gasteiger partial charge in [-0.05, 0) is 36.8 Å². The maximum Gasteiger partial charge on any atom is 0.306 e. The van der Waals surface area contributed by atoms with Crippen LogP contribution in [0.2, 0.25) is 0 Å². The summed E-state index contributed by atoms with van der Waals surface area (Å²) in [7, 11) is -4.09. The van der Waals surface area contributed by atoms with Crippen molar-refractivity contribution in [3.8, 4) is 11.5 Å². The van der Waals surface area contributed by atoms with Crippen molar-refractivity contribution in [3.63, 3.8) is 0 Å². The smallest absolute Gasteiger partial charge is 0.306 e. The molecule has 1 aliphatic heterocycles. The number of nitrogens with zero attached hydrogens (tertiary/aromatic N) is 4. The first-order valence-electron chi connectivity index (χ1n) is 10.2. The van der Waals surface area contributed by atoms with Crippen LogP contribution < -0.4 is 9.64 Å². The molecule has 0 radical (unpaired) electrons. The van der Waals surface area contributed by atoms with Gasteiger partial charge < -0.3 is 14.7 Å². The summed E-state index contributed by atoms with van der Waals surface area (Å²) >= 11 is 18.0. The predicted molar refractivity (Wildman–Crippen MR) is 135 cm³/mol. The molecule has 1 N–H and O–H groups in total. The Balaban J connectivity index is 1.42. The SMILES string of the molecule is CC1CN(S(=O)(=O)C(Cl)(Cl)Cl)CCN1c1nc(C(O)c2ccc(Oc3ccccc3)cc2)ns1. The van der Waals surface area contributed by atoms with Crippen molar-refractivity contribution in [1.82, 2.24) is 13.7 Å². The molecule has 0 saturated carbocycles. The average Bonchev–Trinajstić information content (AvgIpc) is 3.29. The van der Waals surface area contributed by atoms with Gasteiger partial charge in [0.05, 0.1) is 0 Å². The molecule has 13 heteroatoms. The van der Waals surface area contributed by atoms with E-state index in [1.807, 2.05) is 42.2 Å². The van der Waals surface area contributed by atoms with Crippen LogP contribution in [-0.2, 0) is 10.0 Å². The number of ether oxygens (including phenoxy) is 1. The topological polar surface area (TPSA) is 95.9 Å². The van der Waals surface area contributed by atoms with Gasteiger partial charge in [0, 0.05) is 37.2 Å². The fourth-order valence-electron chi connectivity index (χ4n) is 3.52. The molecule has 0 aliphatic carbocycles. The molecule has 2 unspecified atom stereocenters. The number of aliphatic hydroxyl groups is 1. The Kier molecular flexibility index (Phi) is 7.58. The maximum atomic E-state index is 12.4. The van der Waals surface area contributed by atoms with Gasteiger partial charge in [-0.15, -0.1) is 0 Å². The van der Waals surface area contributed by atoms with Gasteiger partial charge in [0.15, 0.2) is 5.82 Å². The predicted octanol–water partition coefficient (Wildman–Crippen LogP) is 4.58. The molecular formula is C21H21Cl3N4O4S2. The summed E-state index contributed by atoms with van der Waals surface area (Å²) in [6.45, 7) is 2.47. The Bertz CT molecular complexity index is 1220. The van der Waals surface area contributed by atoms with E-state index in [-0.39, 0.29) is 25.0 Å². The Labute approximate surface area is 216 Å². The van der Waals surface area contributed by atoms with Crippen LogP contribution in [0.5, 0.6) is 11.5 Å². The first kappa shape index (κ1) is 25.4. The van der Waals surface area contributed by atoms with Gasteiger partial charge >= 0.3 is 3.12 Å². The molecular weight excluding hydrogens is 543 g/mol. The summed E-state index contributed by atoms with van der Waals surface area (Å²) in [5, 5.41) is 11.4. The molecule has 8 nitrogen and oxygen atoms in total. The fourth-order valence-corrected chi connectivity index (χ4v) is 6.25. The molecule has 4 rings (SSSR count). The minimum Gasteiger partial charge on any atom is -0.457 e. The van der Waals surface area contributed by atoms with Crippen LogP contribution in [-0.4, -0.2) is 56.0 Å². The van der Waals surface area contributed by atoms with Gasteiger partial charge in [-0.3, -0.25) is 0 Å². The number of rotatable bonds is 6. The Morgan fingerprint density at radius 2 is 1.74 bits per heavy atom. The molecule has 0 spiro atoms. The van der Waals surface area contributed by atoms with Crippen molar-refractivity contribution in [2.45, 2.75) is 22.2 Å². The van der Waals surface area contributed by atoms with Crippen LogP contribution in [0.3, 0.4) is 0 Å². The number of piperazine rings is 1. The summed E-state index contributed by atoms with van der Waals surface area (Å²) in [4.78, 5) is 6.42. The first-order valence-corrected chi connectivity index (χ1v) is 13.6. The number of anilines is 1. The van der Waals surface area contributed by atoms with E-state index in [0.717, 1.165) is 21.6 Å². The third kappa shape index (κ3) is 5.43. The van der Waals surface area contributed by atoms with Gasteiger partial charge in [0.25, 0.3) is 10.0 Å². The molecule has 34 heavy (non-hydrogen) atoms. The number of benzene rings is 2. The summed E-state index contributed by atoms with van der Waals surface area (Å²) in [5.41, 5.74) is 0.622. The van der Waals surface area contributed by atoms with Crippen LogP contribution in [0.25, 0.3) is 0 Å². The Hall–Kier alpha value is -1.66. The van der Waals surface area contributed by atoms with E-state index in [0.29, 0.717) is 23.0 Å². The van der Waals surface area contributed by atoms with Crippen molar-refractivity contribution >= 4 is 61.5 Å². The summed E-state index contributed by atoms with van der Waals surface area (Å²) in [6.07, 6.45) is -1.02. The van der Waals surface area contributed by atoms with E-state index >= 15 is 0 Å². The maximum absolute atomic E-state index is 12.4. The third-order valence-corrected chi connectivity index (χ3v) is 9.44. The van der Waals surface area contributed by atoms with Crippen LogP contribution in [0.4, 0.5) is 5.13 Å². The molecule has 3 aromatic rings. The van der Waals surface area contributed by atoms with Gasteiger partial charge in [0.2, 0.25) is 5.13 Å². The zero-order valence-electron chi connectivity index (χ0n) is 17.9. The standard InChI is InChI=1S/C21H21Cl3N4O4S2/c1-14-13-27(34(30,31)21(22,23)24)11-12-28(14)20-25-19(26-33-20)18(29)15-7-9-17(10-8-15)32-16-5-3-2-4-6-16/h2-10,14,18,29H,11-13H2,1H3.